The van der Waals surface area contributed by atoms with Crippen molar-refractivity contribution >= 4 is 29.3 Å². The Labute approximate surface area is 128 Å². The van der Waals surface area contributed by atoms with Gasteiger partial charge in [-0.1, -0.05) is 0 Å². The summed E-state index contributed by atoms with van der Waals surface area (Å²) in [4.78, 5) is 28.3. The van der Waals surface area contributed by atoms with Gasteiger partial charge in [-0.2, -0.15) is 0 Å². The molecule has 1 saturated heterocycles. The molecule has 1 aliphatic rings. The van der Waals surface area contributed by atoms with Crippen LogP contribution in [-0.2, 0) is 4.79 Å². The second kappa shape index (κ2) is 6.87. The summed E-state index contributed by atoms with van der Waals surface area (Å²) >= 11 is 1.32. The molecule has 0 spiro atoms. The third-order valence-corrected chi connectivity index (χ3v) is 4.63. The molecule has 1 amide bonds. The van der Waals surface area contributed by atoms with Gasteiger partial charge in [0.25, 0.3) is 5.91 Å². The SMILES string of the molecule is CN1CCC(CN(C)C(=O)c2ccc(C=CC(=O)O)s2)C1. The van der Waals surface area contributed by atoms with E-state index in [0.717, 1.165) is 37.0 Å². The first-order chi connectivity index (χ1) is 9.95. The molecule has 1 aromatic heterocycles. The minimum Gasteiger partial charge on any atom is -0.478 e. The smallest absolute Gasteiger partial charge is 0.328 e. The highest BCUT2D eigenvalue weighted by Gasteiger charge is 2.23. The summed E-state index contributed by atoms with van der Waals surface area (Å²) in [6.07, 6.45) is 3.72. The summed E-state index contributed by atoms with van der Waals surface area (Å²) < 4.78 is 0. The second-order valence-corrected chi connectivity index (χ2v) is 6.59. The van der Waals surface area contributed by atoms with Crippen LogP contribution in [0.2, 0.25) is 0 Å². The summed E-state index contributed by atoms with van der Waals surface area (Å²) in [5, 5.41) is 8.60. The van der Waals surface area contributed by atoms with Crippen molar-refractivity contribution in [3.8, 4) is 0 Å². The van der Waals surface area contributed by atoms with Gasteiger partial charge in [0.05, 0.1) is 4.88 Å². The molecule has 1 unspecified atom stereocenters. The number of aliphatic carboxylic acids is 1. The van der Waals surface area contributed by atoms with Crippen LogP contribution in [0.3, 0.4) is 0 Å². The van der Waals surface area contributed by atoms with Crippen molar-refractivity contribution in [2.24, 2.45) is 5.92 Å². The van der Waals surface area contributed by atoms with Crippen LogP contribution in [0, 0.1) is 5.92 Å². The minimum atomic E-state index is -0.987. The number of carbonyl (C=O) groups is 2. The number of nitrogens with zero attached hydrogens (tertiary/aromatic N) is 2. The van der Waals surface area contributed by atoms with Crippen molar-refractivity contribution in [2.45, 2.75) is 6.42 Å². The van der Waals surface area contributed by atoms with E-state index in [1.165, 1.54) is 17.4 Å². The number of thiophene rings is 1. The van der Waals surface area contributed by atoms with E-state index >= 15 is 0 Å². The number of hydrogen-bond acceptors (Lipinski definition) is 4. The van der Waals surface area contributed by atoms with Crippen molar-refractivity contribution < 1.29 is 14.7 Å². The third kappa shape index (κ3) is 4.41. The standard InChI is InChI=1S/C15H20N2O3S/c1-16-8-7-11(9-16)10-17(2)15(20)13-5-3-12(21-13)4-6-14(18)19/h3-6,11H,7-10H2,1-2H3,(H,18,19). The van der Waals surface area contributed by atoms with E-state index in [1.54, 1.807) is 17.0 Å². The van der Waals surface area contributed by atoms with E-state index in [2.05, 4.69) is 11.9 Å². The zero-order valence-corrected chi connectivity index (χ0v) is 13.1. The molecular weight excluding hydrogens is 288 g/mol. The van der Waals surface area contributed by atoms with Gasteiger partial charge in [-0.05, 0) is 44.1 Å². The van der Waals surface area contributed by atoms with E-state index in [1.807, 2.05) is 7.05 Å². The number of carbonyl (C=O) groups excluding carboxylic acids is 1. The first-order valence-electron chi connectivity index (χ1n) is 6.90. The average molecular weight is 308 g/mol. The van der Waals surface area contributed by atoms with Crippen molar-refractivity contribution in [3.05, 3.63) is 28.0 Å². The Balaban J connectivity index is 1.94. The predicted molar refractivity (Wildman–Crippen MR) is 83.6 cm³/mol. The van der Waals surface area contributed by atoms with Crippen LogP contribution >= 0.6 is 11.3 Å². The van der Waals surface area contributed by atoms with Gasteiger partial charge in [0.15, 0.2) is 0 Å². The molecule has 2 heterocycles. The molecule has 1 atom stereocenters. The third-order valence-electron chi connectivity index (χ3n) is 3.60. The lowest BCUT2D eigenvalue weighted by atomic mass is 10.1. The first-order valence-corrected chi connectivity index (χ1v) is 7.72. The van der Waals surface area contributed by atoms with Crippen LogP contribution in [0.4, 0.5) is 0 Å². The second-order valence-electron chi connectivity index (χ2n) is 5.48. The normalized spacial score (nSPS) is 19.2. The zero-order valence-electron chi connectivity index (χ0n) is 12.3. The maximum atomic E-state index is 12.3. The van der Waals surface area contributed by atoms with Crippen molar-refractivity contribution in [1.29, 1.82) is 0 Å². The van der Waals surface area contributed by atoms with Crippen LogP contribution in [0.25, 0.3) is 6.08 Å². The fourth-order valence-electron chi connectivity index (χ4n) is 2.54. The fraction of sp³-hybridized carbons (Fsp3) is 0.467. The molecule has 0 bridgehead atoms. The Morgan fingerprint density at radius 2 is 2.29 bits per heavy atom. The number of amides is 1. The van der Waals surface area contributed by atoms with E-state index in [-0.39, 0.29) is 5.91 Å². The fourth-order valence-corrected chi connectivity index (χ4v) is 3.45. The molecule has 114 valence electrons. The highest BCUT2D eigenvalue weighted by molar-refractivity contribution is 7.14. The predicted octanol–water partition coefficient (Wildman–Crippen LogP) is 1.87. The van der Waals surface area contributed by atoms with E-state index in [9.17, 15) is 9.59 Å². The molecule has 0 aromatic carbocycles. The van der Waals surface area contributed by atoms with Gasteiger partial charge in [0.1, 0.15) is 0 Å². The molecule has 1 N–H and O–H groups in total. The Bertz CT molecular complexity index is 553. The molecule has 0 radical (unpaired) electrons. The van der Waals surface area contributed by atoms with Crippen LogP contribution in [0.1, 0.15) is 21.0 Å². The molecular formula is C15H20N2O3S. The van der Waals surface area contributed by atoms with E-state index in [4.69, 9.17) is 5.11 Å². The minimum absolute atomic E-state index is 0.00419. The van der Waals surface area contributed by atoms with Crippen molar-refractivity contribution in [3.63, 3.8) is 0 Å². The molecule has 2 rings (SSSR count). The number of hydrogen-bond donors (Lipinski definition) is 1. The molecule has 21 heavy (non-hydrogen) atoms. The Hall–Kier alpha value is -1.66. The summed E-state index contributed by atoms with van der Waals surface area (Å²) in [5.41, 5.74) is 0. The largest absolute Gasteiger partial charge is 0.478 e. The molecule has 1 aromatic rings. The number of carboxylic acid groups (broad SMARTS) is 1. The Kier molecular flexibility index (Phi) is 5.14. The molecule has 0 aliphatic carbocycles. The van der Waals surface area contributed by atoms with Crippen LogP contribution in [0.15, 0.2) is 18.2 Å². The Morgan fingerprint density at radius 3 is 2.90 bits per heavy atom. The molecule has 6 heteroatoms. The van der Waals surface area contributed by atoms with Gasteiger partial charge in [0.2, 0.25) is 0 Å². The monoisotopic (exact) mass is 308 g/mol. The molecule has 1 fully saturated rings. The summed E-state index contributed by atoms with van der Waals surface area (Å²) in [7, 11) is 3.93. The Morgan fingerprint density at radius 1 is 1.52 bits per heavy atom. The van der Waals surface area contributed by atoms with Gasteiger partial charge < -0.3 is 14.9 Å². The highest BCUT2D eigenvalue weighted by Crippen LogP contribution is 2.21. The number of carboxylic acids is 1. The maximum Gasteiger partial charge on any atom is 0.328 e. The lowest BCUT2D eigenvalue weighted by Gasteiger charge is -2.20. The highest BCUT2D eigenvalue weighted by atomic mass is 32.1. The topological polar surface area (TPSA) is 60.9 Å². The average Bonchev–Trinajstić information content (AvgIpc) is 3.04. The van der Waals surface area contributed by atoms with Crippen LogP contribution in [-0.4, -0.2) is 60.5 Å². The number of rotatable bonds is 5. The summed E-state index contributed by atoms with van der Waals surface area (Å²) in [6.45, 7) is 2.89. The van der Waals surface area contributed by atoms with Crippen molar-refractivity contribution in [1.82, 2.24) is 9.80 Å². The van der Waals surface area contributed by atoms with Crippen LogP contribution in [0.5, 0.6) is 0 Å². The summed E-state index contributed by atoms with van der Waals surface area (Å²) in [6, 6.07) is 3.53. The quantitative estimate of drug-likeness (QED) is 0.844. The number of likely N-dealkylation sites (tertiary alicyclic amines) is 1. The van der Waals surface area contributed by atoms with Gasteiger partial charge in [0, 0.05) is 31.1 Å². The first kappa shape index (κ1) is 15.7. The van der Waals surface area contributed by atoms with Gasteiger partial charge in [-0.3, -0.25) is 4.79 Å². The lowest BCUT2D eigenvalue weighted by molar-refractivity contribution is -0.131. The van der Waals surface area contributed by atoms with Gasteiger partial charge in [-0.15, -0.1) is 11.3 Å². The summed E-state index contributed by atoms with van der Waals surface area (Å²) in [5.74, 6) is -0.446. The maximum absolute atomic E-state index is 12.3. The zero-order chi connectivity index (χ0) is 15.4. The van der Waals surface area contributed by atoms with Gasteiger partial charge in [-0.25, -0.2) is 4.79 Å². The van der Waals surface area contributed by atoms with Crippen molar-refractivity contribution in [2.75, 3.05) is 33.7 Å². The van der Waals surface area contributed by atoms with Gasteiger partial charge >= 0.3 is 5.97 Å². The molecule has 1 aliphatic heterocycles. The van der Waals surface area contributed by atoms with E-state index in [0.29, 0.717) is 10.8 Å². The molecule has 5 nitrogen and oxygen atoms in total. The van der Waals surface area contributed by atoms with Crippen LogP contribution < -0.4 is 0 Å². The lowest BCUT2D eigenvalue weighted by Crippen LogP contribution is -2.32. The molecule has 0 saturated carbocycles. The van der Waals surface area contributed by atoms with E-state index < -0.39 is 5.97 Å².